The topological polar surface area (TPSA) is 46.5 Å². The van der Waals surface area contributed by atoms with Crippen LogP contribution in [0.4, 0.5) is 0 Å². The van der Waals surface area contributed by atoms with E-state index < -0.39 is 0 Å². The molecule has 2 aromatic carbocycles. The van der Waals surface area contributed by atoms with E-state index in [2.05, 4.69) is 0 Å². The van der Waals surface area contributed by atoms with E-state index in [1.54, 1.807) is 24.3 Å². The van der Waals surface area contributed by atoms with Crippen LogP contribution < -0.4 is 4.74 Å². The van der Waals surface area contributed by atoms with Crippen LogP contribution in [0.3, 0.4) is 0 Å². The molecular formula is C13H12O3. The van der Waals surface area contributed by atoms with Crippen LogP contribution in [-0.4, -0.2) is 11.1 Å². The summed E-state index contributed by atoms with van der Waals surface area (Å²) in [5.74, 6) is 0.333. The van der Waals surface area contributed by atoms with Gasteiger partial charge >= 0.3 is 5.97 Å². The Bertz CT molecular complexity index is 558. The predicted octanol–water partition coefficient (Wildman–Crippen LogP) is 2.78. The summed E-state index contributed by atoms with van der Waals surface area (Å²) < 4.78 is 5.07. The first-order valence-corrected chi connectivity index (χ1v) is 4.99. The minimum Gasteiger partial charge on any atom is -0.507 e. The molecule has 2 aromatic rings. The summed E-state index contributed by atoms with van der Waals surface area (Å²) in [5, 5.41) is 11.3. The second-order valence-electron chi connectivity index (χ2n) is 3.68. The summed E-state index contributed by atoms with van der Waals surface area (Å²) in [4.78, 5) is 10.9. The predicted molar refractivity (Wildman–Crippen MR) is 61.7 cm³/mol. The maximum atomic E-state index is 10.9. The van der Waals surface area contributed by atoms with Crippen molar-refractivity contribution in [3.05, 3.63) is 35.9 Å². The summed E-state index contributed by atoms with van der Waals surface area (Å²) in [6, 6.07) is 8.89. The Morgan fingerprint density at radius 1 is 1.19 bits per heavy atom. The third-order valence-electron chi connectivity index (χ3n) is 2.45. The van der Waals surface area contributed by atoms with E-state index in [9.17, 15) is 9.90 Å². The first kappa shape index (κ1) is 10.5. The molecule has 1 N–H and O–H groups in total. The van der Waals surface area contributed by atoms with Crippen LogP contribution in [0.15, 0.2) is 30.3 Å². The van der Waals surface area contributed by atoms with Crippen molar-refractivity contribution in [2.45, 2.75) is 13.8 Å². The normalized spacial score (nSPS) is 10.4. The molecule has 16 heavy (non-hydrogen) atoms. The number of fused-ring (bicyclic) bond motifs is 1. The highest BCUT2D eigenvalue weighted by atomic mass is 16.5. The van der Waals surface area contributed by atoms with Crippen molar-refractivity contribution in [2.75, 3.05) is 0 Å². The van der Waals surface area contributed by atoms with Gasteiger partial charge < -0.3 is 9.84 Å². The molecular weight excluding hydrogens is 204 g/mol. The van der Waals surface area contributed by atoms with Crippen molar-refractivity contribution in [3.63, 3.8) is 0 Å². The fourth-order valence-corrected chi connectivity index (χ4v) is 1.67. The monoisotopic (exact) mass is 216 g/mol. The summed E-state index contributed by atoms with van der Waals surface area (Å²) in [6.45, 7) is 3.18. The van der Waals surface area contributed by atoms with E-state index in [1.807, 2.05) is 13.0 Å². The van der Waals surface area contributed by atoms with Gasteiger partial charge in [0.1, 0.15) is 11.5 Å². The molecule has 0 saturated carbocycles. The van der Waals surface area contributed by atoms with Crippen molar-refractivity contribution in [3.8, 4) is 11.5 Å². The molecule has 0 saturated heterocycles. The zero-order chi connectivity index (χ0) is 11.7. The zero-order valence-electron chi connectivity index (χ0n) is 9.15. The summed E-state index contributed by atoms with van der Waals surface area (Å²) >= 11 is 0. The first-order valence-electron chi connectivity index (χ1n) is 4.99. The van der Waals surface area contributed by atoms with Gasteiger partial charge in [0.05, 0.1) is 0 Å². The number of hydrogen-bond donors (Lipinski definition) is 1. The third-order valence-corrected chi connectivity index (χ3v) is 2.45. The number of rotatable bonds is 1. The summed E-state index contributed by atoms with van der Waals surface area (Å²) in [5.41, 5.74) is 0.799. The smallest absolute Gasteiger partial charge is 0.308 e. The number of aryl methyl sites for hydroxylation is 1. The summed E-state index contributed by atoms with van der Waals surface area (Å²) in [6.07, 6.45) is 0. The molecule has 0 aliphatic carbocycles. The fraction of sp³-hybridized carbons (Fsp3) is 0.154. The van der Waals surface area contributed by atoms with Crippen molar-refractivity contribution < 1.29 is 14.6 Å². The van der Waals surface area contributed by atoms with Crippen LogP contribution in [0, 0.1) is 6.92 Å². The second-order valence-corrected chi connectivity index (χ2v) is 3.68. The van der Waals surface area contributed by atoms with Gasteiger partial charge in [-0.2, -0.15) is 0 Å². The molecule has 3 nitrogen and oxygen atoms in total. The van der Waals surface area contributed by atoms with Gasteiger partial charge in [0, 0.05) is 17.7 Å². The molecule has 0 atom stereocenters. The van der Waals surface area contributed by atoms with Crippen LogP contribution in [0.25, 0.3) is 10.8 Å². The van der Waals surface area contributed by atoms with E-state index in [4.69, 9.17) is 4.74 Å². The number of phenols is 1. The van der Waals surface area contributed by atoms with Crippen molar-refractivity contribution in [2.24, 2.45) is 0 Å². The molecule has 0 fully saturated rings. The number of phenolic OH excluding ortho intramolecular Hbond substituents is 1. The largest absolute Gasteiger partial charge is 0.507 e. The Hall–Kier alpha value is -2.03. The average Bonchev–Trinajstić information content (AvgIpc) is 2.23. The molecule has 3 heteroatoms. The van der Waals surface area contributed by atoms with Crippen LogP contribution in [-0.2, 0) is 4.79 Å². The number of esters is 1. The molecule has 0 heterocycles. The van der Waals surface area contributed by atoms with Crippen LogP contribution >= 0.6 is 0 Å². The highest BCUT2D eigenvalue weighted by molar-refractivity contribution is 5.95. The molecule has 0 aliphatic heterocycles. The number of ether oxygens (including phenoxy) is 1. The Morgan fingerprint density at radius 2 is 1.94 bits per heavy atom. The van der Waals surface area contributed by atoms with Gasteiger partial charge in [-0.1, -0.05) is 24.3 Å². The van der Waals surface area contributed by atoms with Gasteiger partial charge in [-0.25, -0.2) is 0 Å². The molecule has 82 valence electrons. The number of carbonyl (C=O) groups is 1. The van der Waals surface area contributed by atoms with E-state index in [0.717, 1.165) is 10.9 Å². The van der Waals surface area contributed by atoms with E-state index in [1.165, 1.54) is 6.92 Å². The number of aromatic hydroxyl groups is 1. The molecule has 0 aliphatic rings. The van der Waals surface area contributed by atoms with E-state index >= 15 is 0 Å². The minimum absolute atomic E-state index is 0.228. The Kier molecular flexibility index (Phi) is 2.52. The maximum Gasteiger partial charge on any atom is 0.308 e. The lowest BCUT2D eigenvalue weighted by Crippen LogP contribution is -2.01. The maximum absolute atomic E-state index is 10.9. The molecule has 0 aromatic heterocycles. The van der Waals surface area contributed by atoms with Crippen molar-refractivity contribution in [1.29, 1.82) is 0 Å². The molecule has 0 bridgehead atoms. The number of benzene rings is 2. The van der Waals surface area contributed by atoms with E-state index in [0.29, 0.717) is 11.1 Å². The Labute approximate surface area is 93.3 Å². The third kappa shape index (κ3) is 1.72. The Morgan fingerprint density at radius 3 is 2.62 bits per heavy atom. The molecule has 0 unspecified atom stereocenters. The van der Waals surface area contributed by atoms with Gasteiger partial charge in [-0.15, -0.1) is 0 Å². The van der Waals surface area contributed by atoms with Crippen molar-refractivity contribution in [1.82, 2.24) is 0 Å². The van der Waals surface area contributed by atoms with Crippen LogP contribution in [0.5, 0.6) is 11.5 Å². The SMILES string of the molecule is CC(=O)Oc1cccc2c(O)c(C)ccc12. The molecule has 0 radical (unpaired) electrons. The first-order chi connectivity index (χ1) is 7.59. The lowest BCUT2D eigenvalue weighted by Gasteiger charge is -2.08. The average molecular weight is 216 g/mol. The second kappa shape index (κ2) is 3.85. The van der Waals surface area contributed by atoms with Gasteiger partial charge in [-0.3, -0.25) is 4.79 Å². The zero-order valence-corrected chi connectivity index (χ0v) is 9.15. The quantitative estimate of drug-likeness (QED) is 0.589. The van der Waals surface area contributed by atoms with Crippen LogP contribution in [0.1, 0.15) is 12.5 Å². The van der Waals surface area contributed by atoms with Gasteiger partial charge in [0.25, 0.3) is 0 Å². The standard InChI is InChI=1S/C13H12O3/c1-8-6-7-10-11(13(8)15)4-3-5-12(10)16-9(2)14/h3-7,15H,1-2H3. The number of carbonyl (C=O) groups excluding carboxylic acids is 1. The highest BCUT2D eigenvalue weighted by Crippen LogP contribution is 2.33. The summed E-state index contributed by atoms with van der Waals surface area (Å²) in [7, 11) is 0. The fourth-order valence-electron chi connectivity index (χ4n) is 1.67. The van der Waals surface area contributed by atoms with Crippen molar-refractivity contribution >= 4 is 16.7 Å². The number of hydrogen-bond acceptors (Lipinski definition) is 3. The lowest BCUT2D eigenvalue weighted by molar-refractivity contribution is -0.131. The minimum atomic E-state index is -0.368. The van der Waals surface area contributed by atoms with Gasteiger partial charge in [0.15, 0.2) is 0 Å². The Balaban J connectivity index is 2.69. The van der Waals surface area contributed by atoms with Gasteiger partial charge in [0.2, 0.25) is 0 Å². The molecule has 0 amide bonds. The molecule has 0 spiro atoms. The molecule has 2 rings (SSSR count). The van der Waals surface area contributed by atoms with Gasteiger partial charge in [-0.05, 0) is 18.6 Å². The van der Waals surface area contributed by atoms with E-state index in [-0.39, 0.29) is 11.7 Å². The van der Waals surface area contributed by atoms with Crippen LogP contribution in [0.2, 0.25) is 0 Å². The lowest BCUT2D eigenvalue weighted by atomic mass is 10.1. The highest BCUT2D eigenvalue weighted by Gasteiger charge is 2.08.